The molecule has 2 nitrogen and oxygen atoms in total. The first kappa shape index (κ1) is 22.5. The van der Waals surface area contributed by atoms with Crippen LogP contribution in [0.1, 0.15) is 27.7 Å². The Kier molecular flexibility index (Phi) is 6.96. The summed E-state index contributed by atoms with van der Waals surface area (Å²) in [6, 6.07) is 20.0. The van der Waals surface area contributed by atoms with Gasteiger partial charge < -0.3 is 9.53 Å². The van der Waals surface area contributed by atoms with Crippen LogP contribution in [0.15, 0.2) is 73.3 Å². The highest BCUT2D eigenvalue weighted by molar-refractivity contribution is 6.99. The maximum atomic E-state index is 13.9. The lowest BCUT2D eigenvalue weighted by molar-refractivity contribution is -0.0995. The Bertz CT molecular complexity index is 718. The van der Waals surface area contributed by atoms with Crippen LogP contribution < -0.4 is 10.4 Å². The van der Waals surface area contributed by atoms with Gasteiger partial charge in [-0.3, -0.25) is 0 Å². The van der Waals surface area contributed by atoms with Crippen molar-refractivity contribution in [1.82, 2.24) is 0 Å². The highest BCUT2D eigenvalue weighted by atomic mass is 28.4. The van der Waals surface area contributed by atoms with Gasteiger partial charge in [0.25, 0.3) is 14.2 Å². The molecular formula is C23H30F2O2Si. The lowest BCUT2D eigenvalue weighted by Gasteiger charge is -2.44. The number of aliphatic hydroxyl groups is 1. The van der Waals surface area contributed by atoms with E-state index < -0.39 is 26.3 Å². The SMILES string of the molecule is C=CC(F)(F)[C@H](O)[C@H](C)CO[Si](c1ccccc1)(c1ccccc1)C(C)(C)C. The number of halogens is 2. The van der Waals surface area contributed by atoms with E-state index in [1.54, 1.807) is 6.92 Å². The first-order valence-corrected chi connectivity index (χ1v) is 11.4. The summed E-state index contributed by atoms with van der Waals surface area (Å²) in [6.45, 7) is 11.1. The summed E-state index contributed by atoms with van der Waals surface area (Å²) < 4.78 is 34.4. The number of hydrogen-bond donors (Lipinski definition) is 1. The fraction of sp³-hybridized carbons (Fsp3) is 0.391. The molecule has 2 aromatic carbocycles. The molecular weight excluding hydrogens is 374 g/mol. The van der Waals surface area contributed by atoms with Crippen LogP contribution >= 0.6 is 0 Å². The van der Waals surface area contributed by atoms with Crippen LogP contribution in [0.25, 0.3) is 0 Å². The van der Waals surface area contributed by atoms with E-state index >= 15 is 0 Å². The fourth-order valence-electron chi connectivity index (χ4n) is 3.61. The van der Waals surface area contributed by atoms with E-state index in [2.05, 4.69) is 27.4 Å². The largest absolute Gasteiger partial charge is 0.407 e. The van der Waals surface area contributed by atoms with Crippen molar-refractivity contribution in [1.29, 1.82) is 0 Å². The molecule has 0 saturated heterocycles. The molecule has 2 rings (SSSR count). The quantitative estimate of drug-likeness (QED) is 0.523. The number of rotatable bonds is 8. The maximum absolute atomic E-state index is 13.9. The van der Waals surface area contributed by atoms with E-state index in [4.69, 9.17) is 4.43 Å². The zero-order valence-electron chi connectivity index (χ0n) is 17.0. The number of alkyl halides is 2. The van der Waals surface area contributed by atoms with Crippen molar-refractivity contribution in [3.63, 3.8) is 0 Å². The zero-order valence-corrected chi connectivity index (χ0v) is 18.0. The van der Waals surface area contributed by atoms with Gasteiger partial charge in [0.1, 0.15) is 6.10 Å². The van der Waals surface area contributed by atoms with Crippen molar-refractivity contribution in [2.75, 3.05) is 6.61 Å². The fourth-order valence-corrected chi connectivity index (χ4v) is 8.28. The second kappa shape index (κ2) is 8.68. The highest BCUT2D eigenvalue weighted by Gasteiger charge is 2.51. The summed E-state index contributed by atoms with van der Waals surface area (Å²) in [6.07, 6.45) is -1.35. The van der Waals surface area contributed by atoms with Gasteiger partial charge in [-0.25, -0.2) is 0 Å². The van der Waals surface area contributed by atoms with Gasteiger partial charge >= 0.3 is 0 Å². The maximum Gasteiger partial charge on any atom is 0.291 e. The van der Waals surface area contributed by atoms with Gasteiger partial charge in [0.2, 0.25) is 0 Å². The first-order chi connectivity index (χ1) is 13.1. The molecule has 1 N–H and O–H groups in total. The third-order valence-corrected chi connectivity index (χ3v) is 10.2. The van der Waals surface area contributed by atoms with Crippen LogP contribution in [0.2, 0.25) is 5.04 Å². The minimum atomic E-state index is -3.35. The lowest BCUT2D eigenvalue weighted by atomic mass is 10.00. The Morgan fingerprint density at radius 1 is 1.00 bits per heavy atom. The van der Waals surface area contributed by atoms with E-state index in [1.165, 1.54) is 0 Å². The number of aliphatic hydroxyl groups excluding tert-OH is 1. The molecule has 2 atom stereocenters. The van der Waals surface area contributed by atoms with Gasteiger partial charge in [-0.05, 0) is 21.5 Å². The van der Waals surface area contributed by atoms with Crippen LogP contribution in [0.5, 0.6) is 0 Å². The van der Waals surface area contributed by atoms with Gasteiger partial charge in [-0.15, -0.1) is 0 Å². The van der Waals surface area contributed by atoms with Gasteiger partial charge in [0.15, 0.2) is 0 Å². The second-order valence-corrected chi connectivity index (χ2v) is 12.6. The molecule has 0 aliphatic carbocycles. The van der Waals surface area contributed by atoms with E-state index in [1.807, 2.05) is 60.7 Å². The van der Waals surface area contributed by atoms with Crippen molar-refractivity contribution in [2.24, 2.45) is 5.92 Å². The molecule has 152 valence electrons. The minimum absolute atomic E-state index is 0.0257. The normalized spacial score (nSPS) is 15.1. The standard InChI is InChI=1S/C23H30F2O2Si/c1-6-23(24,25)21(26)18(2)17-27-28(22(3,4)5,19-13-9-7-10-14-19)20-15-11-8-12-16-20/h6-16,18,21,26H,1,17H2,2-5H3/t18-,21-/m1/s1. The minimum Gasteiger partial charge on any atom is -0.407 e. The smallest absolute Gasteiger partial charge is 0.291 e. The van der Waals surface area contributed by atoms with Crippen LogP contribution in [-0.4, -0.2) is 32.1 Å². The topological polar surface area (TPSA) is 29.5 Å². The summed E-state index contributed by atoms with van der Waals surface area (Å²) in [4.78, 5) is 0. The van der Waals surface area contributed by atoms with Crippen molar-refractivity contribution in [3.05, 3.63) is 73.3 Å². The molecule has 0 spiro atoms. The van der Waals surface area contributed by atoms with Crippen LogP contribution in [-0.2, 0) is 4.43 Å². The summed E-state index contributed by atoms with van der Waals surface area (Å²) in [5.74, 6) is -4.11. The molecule has 0 radical (unpaired) electrons. The Hall–Kier alpha value is -1.82. The Morgan fingerprint density at radius 2 is 1.43 bits per heavy atom. The highest BCUT2D eigenvalue weighted by Crippen LogP contribution is 2.37. The van der Waals surface area contributed by atoms with Crippen molar-refractivity contribution < 1.29 is 18.3 Å². The second-order valence-electron chi connectivity index (χ2n) is 8.28. The van der Waals surface area contributed by atoms with Crippen LogP contribution in [0.3, 0.4) is 0 Å². The summed E-state index contributed by atoms with van der Waals surface area (Å²) >= 11 is 0. The van der Waals surface area contributed by atoms with Crippen LogP contribution in [0.4, 0.5) is 8.78 Å². The Balaban J connectivity index is 2.49. The molecule has 0 aromatic heterocycles. The molecule has 2 aromatic rings. The van der Waals surface area contributed by atoms with Crippen LogP contribution in [0, 0.1) is 5.92 Å². The molecule has 0 fully saturated rings. The molecule has 5 heteroatoms. The third kappa shape index (κ3) is 4.42. The third-order valence-electron chi connectivity index (χ3n) is 5.19. The average Bonchev–Trinajstić information content (AvgIpc) is 2.68. The van der Waals surface area contributed by atoms with Crippen molar-refractivity contribution >= 4 is 18.7 Å². The molecule has 28 heavy (non-hydrogen) atoms. The van der Waals surface area contributed by atoms with E-state index in [9.17, 15) is 13.9 Å². The van der Waals surface area contributed by atoms with E-state index in [0.29, 0.717) is 6.08 Å². The van der Waals surface area contributed by atoms with E-state index in [0.717, 1.165) is 10.4 Å². The molecule has 0 aliphatic rings. The predicted molar refractivity (Wildman–Crippen MR) is 114 cm³/mol. The van der Waals surface area contributed by atoms with Gasteiger partial charge in [-0.2, -0.15) is 8.78 Å². The lowest BCUT2D eigenvalue weighted by Crippen LogP contribution is -2.67. The van der Waals surface area contributed by atoms with E-state index in [-0.39, 0.29) is 11.6 Å². The molecule has 0 unspecified atom stereocenters. The number of benzene rings is 2. The summed E-state index contributed by atoms with van der Waals surface area (Å²) in [5.41, 5.74) is 0. The predicted octanol–water partition coefficient (Wildman–Crippen LogP) is 4.38. The van der Waals surface area contributed by atoms with Crippen molar-refractivity contribution in [3.8, 4) is 0 Å². The zero-order chi connectivity index (χ0) is 21.0. The van der Waals surface area contributed by atoms with Crippen molar-refractivity contribution in [2.45, 2.75) is 44.8 Å². The molecule has 0 aliphatic heterocycles. The summed E-state index contributed by atoms with van der Waals surface area (Å²) in [5, 5.41) is 12.0. The monoisotopic (exact) mass is 404 g/mol. The first-order valence-electron chi connectivity index (χ1n) is 9.50. The molecule has 0 heterocycles. The molecule has 0 saturated carbocycles. The molecule has 0 amide bonds. The molecule has 0 bridgehead atoms. The van der Waals surface area contributed by atoms with Gasteiger partial charge in [0, 0.05) is 12.5 Å². The Labute approximate surface area is 168 Å². The number of hydrogen-bond acceptors (Lipinski definition) is 2. The average molecular weight is 405 g/mol. The van der Waals surface area contributed by atoms with Gasteiger partial charge in [0.05, 0.1) is 0 Å². The Morgan fingerprint density at radius 3 is 1.79 bits per heavy atom. The summed E-state index contributed by atoms with van der Waals surface area (Å²) in [7, 11) is -2.81. The van der Waals surface area contributed by atoms with Gasteiger partial charge in [-0.1, -0.05) is 94.9 Å².